The number of carboxylic acids is 1. The predicted molar refractivity (Wildman–Crippen MR) is 122 cm³/mol. The monoisotopic (exact) mass is 437 g/mol. The molecule has 1 aliphatic rings. The van der Waals surface area contributed by atoms with E-state index in [1.807, 2.05) is 30.3 Å². The topological polar surface area (TPSA) is 122 Å². The lowest BCUT2D eigenvalue weighted by Crippen LogP contribution is -2.50. The number of benzene rings is 2. The van der Waals surface area contributed by atoms with Gasteiger partial charge in [-0.1, -0.05) is 42.5 Å². The van der Waals surface area contributed by atoms with Gasteiger partial charge in [-0.15, -0.1) is 0 Å². The summed E-state index contributed by atoms with van der Waals surface area (Å²) in [6.07, 6.45) is 3.87. The second-order valence-corrected chi connectivity index (χ2v) is 8.42. The highest BCUT2D eigenvalue weighted by atomic mass is 16.4. The Labute approximate surface area is 188 Å². The lowest BCUT2D eigenvalue weighted by Gasteiger charge is -2.28. The van der Waals surface area contributed by atoms with Crippen LogP contribution in [0.15, 0.2) is 54.6 Å². The van der Waals surface area contributed by atoms with Crippen LogP contribution in [0.2, 0.25) is 0 Å². The van der Waals surface area contributed by atoms with Gasteiger partial charge >= 0.3 is 5.97 Å². The fourth-order valence-electron chi connectivity index (χ4n) is 4.09. The van der Waals surface area contributed by atoms with Gasteiger partial charge in [0.1, 0.15) is 6.04 Å². The fraction of sp³-hybridized carbons (Fsp3) is 0.400. The zero-order chi connectivity index (χ0) is 22.9. The van der Waals surface area contributed by atoms with Crippen molar-refractivity contribution in [3.8, 4) is 0 Å². The SMILES string of the molecule is NCC1CCC(C(=O)N[C@@H](Cc2ccccc2)C(=O)NCc2ccc(C(=O)O)cc2)CC1. The minimum Gasteiger partial charge on any atom is -0.478 e. The molecule has 0 bridgehead atoms. The number of aromatic carboxylic acids is 1. The third-order valence-corrected chi connectivity index (χ3v) is 6.13. The fourth-order valence-corrected chi connectivity index (χ4v) is 4.09. The standard InChI is InChI=1S/C25H31N3O4/c26-15-18-6-10-20(11-7-18)23(29)28-22(14-17-4-2-1-3-5-17)24(30)27-16-19-8-12-21(13-9-19)25(31)32/h1-5,8-9,12-13,18,20,22H,6-7,10-11,14-16,26H2,(H,27,30)(H,28,29)(H,31,32)/t18?,20?,22-/m0/s1. The van der Waals surface area contributed by atoms with Gasteiger partial charge in [0.15, 0.2) is 0 Å². The minimum absolute atomic E-state index is 0.0811. The zero-order valence-electron chi connectivity index (χ0n) is 18.1. The van der Waals surface area contributed by atoms with Gasteiger partial charge in [0.25, 0.3) is 0 Å². The van der Waals surface area contributed by atoms with Crippen LogP contribution in [-0.2, 0) is 22.6 Å². The molecule has 1 fully saturated rings. The first-order valence-electron chi connectivity index (χ1n) is 11.1. The Morgan fingerprint density at radius 2 is 1.59 bits per heavy atom. The molecule has 1 aliphatic carbocycles. The second kappa shape index (κ2) is 11.4. The minimum atomic E-state index is -0.994. The normalized spacial score (nSPS) is 19.0. The van der Waals surface area contributed by atoms with Crippen molar-refractivity contribution in [1.29, 1.82) is 0 Å². The first-order chi connectivity index (χ1) is 15.5. The highest BCUT2D eigenvalue weighted by Crippen LogP contribution is 2.28. The van der Waals surface area contributed by atoms with E-state index in [2.05, 4.69) is 10.6 Å². The van der Waals surface area contributed by atoms with E-state index in [9.17, 15) is 14.4 Å². The molecule has 1 atom stereocenters. The predicted octanol–water partition coefficient (Wildman–Crippen LogP) is 2.49. The van der Waals surface area contributed by atoms with Gasteiger partial charge in [0.05, 0.1) is 5.56 Å². The Morgan fingerprint density at radius 1 is 0.938 bits per heavy atom. The molecule has 3 rings (SSSR count). The van der Waals surface area contributed by atoms with Gasteiger partial charge < -0.3 is 21.5 Å². The van der Waals surface area contributed by atoms with E-state index < -0.39 is 12.0 Å². The molecule has 2 aromatic rings. The maximum Gasteiger partial charge on any atom is 0.335 e. The number of nitrogens with one attached hydrogen (secondary N) is 2. The largest absolute Gasteiger partial charge is 0.478 e. The number of hydrogen-bond acceptors (Lipinski definition) is 4. The first-order valence-corrected chi connectivity index (χ1v) is 11.1. The maximum atomic E-state index is 13.0. The average molecular weight is 438 g/mol. The van der Waals surface area contributed by atoms with Crippen molar-refractivity contribution in [1.82, 2.24) is 10.6 Å². The molecule has 0 heterocycles. The summed E-state index contributed by atoms with van der Waals surface area (Å²) in [5.41, 5.74) is 7.70. The van der Waals surface area contributed by atoms with Gasteiger partial charge in [-0.05, 0) is 61.4 Å². The molecule has 0 radical (unpaired) electrons. The van der Waals surface area contributed by atoms with Crippen LogP contribution in [0.1, 0.15) is 47.2 Å². The van der Waals surface area contributed by atoms with Crippen molar-refractivity contribution in [2.24, 2.45) is 17.6 Å². The third kappa shape index (κ3) is 6.65. The van der Waals surface area contributed by atoms with Crippen molar-refractivity contribution >= 4 is 17.8 Å². The number of rotatable bonds is 9. The van der Waals surface area contributed by atoms with Crippen molar-refractivity contribution in [2.75, 3.05) is 6.54 Å². The van der Waals surface area contributed by atoms with Crippen LogP contribution >= 0.6 is 0 Å². The van der Waals surface area contributed by atoms with Gasteiger partial charge in [-0.2, -0.15) is 0 Å². The van der Waals surface area contributed by atoms with Crippen LogP contribution in [0.4, 0.5) is 0 Å². The summed E-state index contributed by atoms with van der Waals surface area (Å²) in [5.74, 6) is -0.948. The summed E-state index contributed by atoms with van der Waals surface area (Å²) in [7, 11) is 0. The van der Waals surface area contributed by atoms with Crippen LogP contribution in [0, 0.1) is 11.8 Å². The van der Waals surface area contributed by atoms with Crippen LogP contribution in [-0.4, -0.2) is 35.5 Å². The number of carboxylic acid groups (broad SMARTS) is 1. The lowest BCUT2D eigenvalue weighted by atomic mass is 9.81. The Bertz CT molecular complexity index is 907. The second-order valence-electron chi connectivity index (χ2n) is 8.42. The molecule has 170 valence electrons. The zero-order valence-corrected chi connectivity index (χ0v) is 18.1. The molecule has 32 heavy (non-hydrogen) atoms. The summed E-state index contributed by atoms with van der Waals surface area (Å²) in [6, 6.07) is 15.3. The Morgan fingerprint density at radius 3 is 2.19 bits per heavy atom. The van der Waals surface area contributed by atoms with Crippen molar-refractivity contribution in [3.63, 3.8) is 0 Å². The van der Waals surface area contributed by atoms with E-state index in [1.54, 1.807) is 12.1 Å². The van der Waals surface area contributed by atoms with E-state index >= 15 is 0 Å². The number of amides is 2. The molecule has 7 heteroatoms. The number of hydrogen-bond donors (Lipinski definition) is 4. The summed E-state index contributed by atoms with van der Waals surface area (Å²) < 4.78 is 0. The van der Waals surface area contributed by atoms with Crippen LogP contribution < -0.4 is 16.4 Å². The molecule has 7 nitrogen and oxygen atoms in total. The maximum absolute atomic E-state index is 13.0. The Balaban J connectivity index is 1.63. The van der Waals surface area contributed by atoms with E-state index in [0.29, 0.717) is 18.9 Å². The first kappa shape index (κ1) is 23.5. The summed E-state index contributed by atoms with van der Waals surface area (Å²) >= 11 is 0. The van der Waals surface area contributed by atoms with Gasteiger partial charge in [0, 0.05) is 18.9 Å². The summed E-state index contributed by atoms with van der Waals surface area (Å²) in [6.45, 7) is 0.905. The van der Waals surface area contributed by atoms with Gasteiger partial charge in [-0.3, -0.25) is 9.59 Å². The highest BCUT2D eigenvalue weighted by Gasteiger charge is 2.29. The molecule has 1 saturated carbocycles. The summed E-state index contributed by atoms with van der Waals surface area (Å²) in [4.78, 5) is 36.9. The van der Waals surface area contributed by atoms with Crippen LogP contribution in [0.3, 0.4) is 0 Å². The highest BCUT2D eigenvalue weighted by molar-refractivity contribution is 5.89. The molecule has 0 saturated heterocycles. The Hall–Kier alpha value is -3.19. The molecular weight excluding hydrogens is 406 g/mol. The number of carbonyl (C=O) groups is 3. The van der Waals surface area contributed by atoms with E-state index in [1.165, 1.54) is 12.1 Å². The molecular formula is C25H31N3O4. The van der Waals surface area contributed by atoms with E-state index in [-0.39, 0.29) is 29.8 Å². The molecule has 0 aromatic heterocycles. The van der Waals surface area contributed by atoms with Crippen molar-refractivity contribution < 1.29 is 19.5 Å². The van der Waals surface area contributed by atoms with E-state index in [0.717, 1.165) is 36.8 Å². The average Bonchev–Trinajstić information content (AvgIpc) is 2.83. The Kier molecular flexibility index (Phi) is 8.39. The molecule has 0 aliphatic heterocycles. The van der Waals surface area contributed by atoms with Gasteiger partial charge in [0.2, 0.25) is 11.8 Å². The third-order valence-electron chi connectivity index (χ3n) is 6.13. The van der Waals surface area contributed by atoms with Crippen molar-refractivity contribution in [3.05, 3.63) is 71.3 Å². The van der Waals surface area contributed by atoms with Crippen molar-refractivity contribution in [2.45, 2.75) is 44.7 Å². The van der Waals surface area contributed by atoms with Crippen LogP contribution in [0.5, 0.6) is 0 Å². The molecule has 5 N–H and O–H groups in total. The number of nitrogens with two attached hydrogens (primary N) is 1. The summed E-state index contributed by atoms with van der Waals surface area (Å²) in [5, 5.41) is 14.9. The van der Waals surface area contributed by atoms with Gasteiger partial charge in [-0.25, -0.2) is 4.79 Å². The quantitative estimate of drug-likeness (QED) is 0.480. The molecule has 0 unspecified atom stereocenters. The molecule has 2 aromatic carbocycles. The molecule has 2 amide bonds. The van der Waals surface area contributed by atoms with E-state index in [4.69, 9.17) is 10.8 Å². The lowest BCUT2D eigenvalue weighted by molar-refractivity contribution is -0.132. The smallest absolute Gasteiger partial charge is 0.335 e. The molecule has 0 spiro atoms. The number of carbonyl (C=O) groups excluding carboxylic acids is 2. The van der Waals surface area contributed by atoms with Crippen LogP contribution in [0.25, 0.3) is 0 Å².